The zero-order valence-electron chi connectivity index (χ0n) is 16.9. The topological polar surface area (TPSA) is 86.6 Å². The van der Waals surface area contributed by atoms with E-state index in [1.807, 2.05) is 0 Å². The number of unbranched alkanes of at least 4 members (excludes halogenated alkanes) is 3. The minimum absolute atomic E-state index is 0.279. The molecule has 0 spiro atoms. The van der Waals surface area contributed by atoms with Crippen LogP contribution in [-0.4, -0.2) is 34.0 Å². The van der Waals surface area contributed by atoms with E-state index in [1.54, 1.807) is 54.7 Å². The Morgan fingerprint density at radius 3 is 2.43 bits per heavy atom. The molecule has 2 aromatic carbocycles. The lowest BCUT2D eigenvalue weighted by molar-refractivity contribution is 0.0734. The monoisotopic (exact) mass is 404 g/mol. The molecule has 0 aliphatic carbocycles. The lowest BCUT2D eigenvalue weighted by Crippen LogP contribution is -2.08. The Hall–Kier alpha value is -3.61. The van der Waals surface area contributed by atoms with Crippen molar-refractivity contribution in [3.63, 3.8) is 0 Å². The molecular formula is C23H24N4O3. The van der Waals surface area contributed by atoms with Crippen molar-refractivity contribution in [2.75, 3.05) is 6.61 Å². The van der Waals surface area contributed by atoms with Gasteiger partial charge in [-0.25, -0.2) is 14.8 Å². The van der Waals surface area contributed by atoms with Crippen LogP contribution in [0.2, 0.25) is 0 Å². The maximum absolute atomic E-state index is 12.3. The third-order valence-electron chi connectivity index (χ3n) is 4.25. The molecule has 0 bridgehead atoms. The first-order chi connectivity index (χ1) is 14.7. The van der Waals surface area contributed by atoms with Gasteiger partial charge >= 0.3 is 5.97 Å². The first-order valence-corrected chi connectivity index (χ1v) is 9.97. The molecule has 1 aromatic heterocycles. The predicted octanol–water partition coefficient (Wildman–Crippen LogP) is 4.80. The van der Waals surface area contributed by atoms with Gasteiger partial charge in [0.25, 0.3) is 5.95 Å². The molecule has 30 heavy (non-hydrogen) atoms. The highest BCUT2D eigenvalue weighted by Crippen LogP contribution is 2.17. The van der Waals surface area contributed by atoms with Crippen LogP contribution in [0.5, 0.6) is 11.5 Å². The number of esters is 1. The second-order valence-corrected chi connectivity index (χ2v) is 6.59. The van der Waals surface area contributed by atoms with Crippen molar-refractivity contribution in [3.8, 4) is 11.5 Å². The number of rotatable bonds is 10. The standard InChI is InChI=1S/C23H24N4O3/c1-2-3-4-5-16-29-20-12-8-19(9-13-20)22(28)30-21-10-6-18(7-11-21)17-25-23-24-14-15-26-27-23/h6-15,17H,2-5,16H2,1H3/b25-17+. The van der Waals surface area contributed by atoms with Crippen molar-refractivity contribution in [2.24, 2.45) is 4.99 Å². The third kappa shape index (κ3) is 6.77. The molecule has 7 heteroatoms. The third-order valence-corrected chi connectivity index (χ3v) is 4.25. The van der Waals surface area contributed by atoms with Gasteiger partial charge in [-0.2, -0.15) is 5.10 Å². The van der Waals surface area contributed by atoms with Crippen molar-refractivity contribution in [1.29, 1.82) is 0 Å². The summed E-state index contributed by atoms with van der Waals surface area (Å²) in [6.45, 7) is 2.87. The van der Waals surface area contributed by atoms with E-state index >= 15 is 0 Å². The largest absolute Gasteiger partial charge is 0.494 e. The maximum Gasteiger partial charge on any atom is 0.343 e. The van der Waals surface area contributed by atoms with Gasteiger partial charge in [0, 0.05) is 6.21 Å². The van der Waals surface area contributed by atoms with Crippen LogP contribution in [0.1, 0.15) is 48.5 Å². The molecule has 3 aromatic rings. The molecule has 0 aliphatic heterocycles. The van der Waals surface area contributed by atoms with Crippen molar-refractivity contribution in [1.82, 2.24) is 15.2 Å². The molecule has 0 saturated carbocycles. The van der Waals surface area contributed by atoms with Gasteiger partial charge in [0.2, 0.25) is 0 Å². The lowest BCUT2D eigenvalue weighted by Gasteiger charge is -2.07. The summed E-state index contributed by atoms with van der Waals surface area (Å²) in [5, 5.41) is 7.49. The SMILES string of the molecule is CCCCCCOc1ccc(C(=O)Oc2ccc(/C=N/c3nccnn3)cc2)cc1. The Kier molecular flexibility index (Phi) is 8.02. The van der Waals surface area contributed by atoms with Crippen molar-refractivity contribution < 1.29 is 14.3 Å². The Morgan fingerprint density at radius 2 is 1.73 bits per heavy atom. The van der Waals surface area contributed by atoms with Crippen LogP contribution < -0.4 is 9.47 Å². The minimum Gasteiger partial charge on any atom is -0.494 e. The van der Waals surface area contributed by atoms with Gasteiger partial charge in [0.05, 0.1) is 24.6 Å². The van der Waals surface area contributed by atoms with Crippen LogP contribution in [0.3, 0.4) is 0 Å². The number of hydrogen-bond acceptors (Lipinski definition) is 7. The van der Waals surface area contributed by atoms with Crippen LogP contribution in [0.4, 0.5) is 5.95 Å². The van der Waals surface area contributed by atoms with E-state index < -0.39 is 5.97 Å². The highest BCUT2D eigenvalue weighted by atomic mass is 16.5. The summed E-state index contributed by atoms with van der Waals surface area (Å²) in [6.07, 6.45) is 9.25. The summed E-state index contributed by atoms with van der Waals surface area (Å²) < 4.78 is 11.1. The molecule has 0 unspecified atom stereocenters. The van der Waals surface area contributed by atoms with Crippen molar-refractivity contribution >= 4 is 18.1 Å². The average molecular weight is 404 g/mol. The quantitative estimate of drug-likeness (QED) is 0.209. The van der Waals surface area contributed by atoms with Gasteiger partial charge in [-0.1, -0.05) is 26.2 Å². The molecule has 0 fully saturated rings. The molecule has 0 amide bonds. The molecule has 0 N–H and O–H groups in total. The van der Waals surface area contributed by atoms with Crippen LogP contribution >= 0.6 is 0 Å². The van der Waals surface area contributed by atoms with E-state index in [1.165, 1.54) is 31.7 Å². The summed E-state index contributed by atoms with van der Waals surface area (Å²) in [6, 6.07) is 14.0. The minimum atomic E-state index is -0.422. The molecule has 0 aliphatic rings. The summed E-state index contributed by atoms with van der Waals surface area (Å²) in [5.74, 6) is 1.06. The highest BCUT2D eigenvalue weighted by molar-refractivity contribution is 5.91. The molecule has 3 rings (SSSR count). The molecule has 0 saturated heterocycles. The number of carbonyl (C=O) groups is 1. The van der Waals surface area contributed by atoms with Gasteiger partial charge in [0.1, 0.15) is 11.5 Å². The van der Waals surface area contributed by atoms with Crippen LogP contribution in [0.15, 0.2) is 65.9 Å². The number of nitrogens with zero attached hydrogens (tertiary/aromatic N) is 4. The Labute approximate surface area is 175 Å². The summed E-state index contributed by atoms with van der Waals surface area (Å²) >= 11 is 0. The summed E-state index contributed by atoms with van der Waals surface area (Å²) in [4.78, 5) is 20.4. The van der Waals surface area contributed by atoms with Gasteiger partial charge < -0.3 is 9.47 Å². The molecule has 0 atom stereocenters. The fourth-order valence-electron chi connectivity index (χ4n) is 2.63. The molecule has 1 heterocycles. The second-order valence-electron chi connectivity index (χ2n) is 6.59. The van der Waals surface area contributed by atoms with Crippen LogP contribution in [0.25, 0.3) is 0 Å². The average Bonchev–Trinajstić information content (AvgIpc) is 2.79. The Morgan fingerprint density at radius 1 is 0.967 bits per heavy atom. The van der Waals surface area contributed by atoms with E-state index in [-0.39, 0.29) is 5.95 Å². The molecule has 0 radical (unpaired) electrons. The van der Waals surface area contributed by atoms with E-state index in [9.17, 15) is 4.79 Å². The number of benzene rings is 2. The van der Waals surface area contributed by atoms with Gasteiger partial charge in [-0.15, -0.1) is 5.10 Å². The Bertz CT molecular complexity index is 942. The number of aromatic nitrogens is 3. The number of ether oxygens (including phenoxy) is 2. The number of hydrogen-bond donors (Lipinski definition) is 0. The van der Waals surface area contributed by atoms with Crippen LogP contribution in [-0.2, 0) is 0 Å². The maximum atomic E-state index is 12.3. The van der Waals surface area contributed by atoms with Gasteiger partial charge in [-0.3, -0.25) is 0 Å². The van der Waals surface area contributed by atoms with Gasteiger partial charge in [-0.05, 0) is 60.5 Å². The Balaban J connectivity index is 1.50. The van der Waals surface area contributed by atoms with Gasteiger partial charge in [0.15, 0.2) is 0 Å². The van der Waals surface area contributed by atoms with E-state index in [4.69, 9.17) is 9.47 Å². The summed E-state index contributed by atoms with van der Waals surface area (Å²) in [7, 11) is 0. The zero-order valence-corrected chi connectivity index (χ0v) is 16.9. The fourth-order valence-corrected chi connectivity index (χ4v) is 2.63. The van der Waals surface area contributed by atoms with Crippen molar-refractivity contribution in [3.05, 3.63) is 72.1 Å². The first kappa shape index (κ1) is 21.1. The highest BCUT2D eigenvalue weighted by Gasteiger charge is 2.09. The van der Waals surface area contributed by atoms with Crippen LogP contribution in [0, 0.1) is 0 Å². The van der Waals surface area contributed by atoms with E-state index in [0.29, 0.717) is 17.9 Å². The predicted molar refractivity (Wildman–Crippen MR) is 115 cm³/mol. The zero-order chi connectivity index (χ0) is 21.0. The molecular weight excluding hydrogens is 380 g/mol. The van der Waals surface area contributed by atoms with E-state index in [0.717, 1.165) is 17.7 Å². The summed E-state index contributed by atoms with van der Waals surface area (Å²) in [5.41, 5.74) is 1.29. The molecule has 7 nitrogen and oxygen atoms in total. The normalized spacial score (nSPS) is 10.8. The fraction of sp³-hybridized carbons (Fsp3) is 0.261. The van der Waals surface area contributed by atoms with E-state index in [2.05, 4.69) is 27.1 Å². The number of aliphatic imine (C=N–C) groups is 1. The lowest BCUT2D eigenvalue weighted by atomic mass is 10.2. The smallest absolute Gasteiger partial charge is 0.343 e. The second kappa shape index (κ2) is 11.4. The number of carbonyl (C=O) groups excluding carboxylic acids is 1. The first-order valence-electron chi connectivity index (χ1n) is 9.97. The van der Waals surface area contributed by atoms with Crippen molar-refractivity contribution in [2.45, 2.75) is 32.6 Å². The molecule has 154 valence electrons.